The van der Waals surface area contributed by atoms with E-state index in [1.165, 1.54) is 11.1 Å². The van der Waals surface area contributed by atoms with E-state index in [9.17, 15) is 0 Å². The molecule has 0 aliphatic rings. The quantitative estimate of drug-likeness (QED) is 0.886. The Morgan fingerprint density at radius 2 is 1.79 bits per heavy atom. The molecule has 3 heteroatoms. The highest BCUT2D eigenvalue weighted by atomic mass is 79.9. The molecule has 0 aliphatic heterocycles. The van der Waals surface area contributed by atoms with Crippen LogP contribution in [0.2, 0.25) is 0 Å². The third-order valence-corrected chi connectivity index (χ3v) is 3.89. The lowest BCUT2D eigenvalue weighted by atomic mass is 10.1. The Labute approximate surface area is 122 Å². The SMILES string of the molecule is COc1ccccc1CN[C@H](C)c1ccccc1Br. The molecule has 19 heavy (non-hydrogen) atoms. The molecule has 0 radical (unpaired) electrons. The van der Waals surface area contributed by atoms with Crippen molar-refractivity contribution in [3.8, 4) is 5.75 Å². The number of benzene rings is 2. The first-order valence-corrected chi connectivity index (χ1v) is 7.11. The maximum Gasteiger partial charge on any atom is 0.123 e. The van der Waals surface area contributed by atoms with Crippen molar-refractivity contribution < 1.29 is 4.74 Å². The van der Waals surface area contributed by atoms with E-state index in [2.05, 4.69) is 52.4 Å². The van der Waals surface area contributed by atoms with Crippen molar-refractivity contribution in [2.75, 3.05) is 7.11 Å². The van der Waals surface area contributed by atoms with Crippen molar-refractivity contribution in [3.63, 3.8) is 0 Å². The Kier molecular flexibility index (Phi) is 5.00. The van der Waals surface area contributed by atoms with Gasteiger partial charge in [0, 0.05) is 22.6 Å². The largest absolute Gasteiger partial charge is 0.496 e. The first kappa shape index (κ1) is 14.1. The van der Waals surface area contributed by atoms with E-state index in [1.54, 1.807) is 7.11 Å². The summed E-state index contributed by atoms with van der Waals surface area (Å²) < 4.78 is 6.49. The summed E-state index contributed by atoms with van der Waals surface area (Å²) >= 11 is 3.59. The second-order valence-corrected chi connectivity index (χ2v) is 5.29. The van der Waals surface area contributed by atoms with Crippen molar-refractivity contribution in [1.29, 1.82) is 0 Å². The molecule has 0 saturated carbocycles. The molecular formula is C16H18BrNO. The summed E-state index contributed by atoms with van der Waals surface area (Å²) in [5, 5.41) is 3.52. The molecule has 1 atom stereocenters. The summed E-state index contributed by atoms with van der Waals surface area (Å²) in [5.74, 6) is 0.925. The van der Waals surface area contributed by atoms with Crippen LogP contribution in [0.1, 0.15) is 24.1 Å². The van der Waals surface area contributed by atoms with E-state index >= 15 is 0 Å². The van der Waals surface area contributed by atoms with Crippen molar-refractivity contribution in [3.05, 3.63) is 64.1 Å². The minimum absolute atomic E-state index is 0.278. The molecule has 0 saturated heterocycles. The fourth-order valence-corrected chi connectivity index (χ4v) is 2.68. The minimum atomic E-state index is 0.278. The first-order valence-electron chi connectivity index (χ1n) is 6.32. The zero-order valence-electron chi connectivity index (χ0n) is 11.2. The van der Waals surface area contributed by atoms with Gasteiger partial charge in [-0.25, -0.2) is 0 Å². The normalized spacial score (nSPS) is 12.2. The molecule has 100 valence electrons. The van der Waals surface area contributed by atoms with Crippen LogP contribution in [-0.4, -0.2) is 7.11 Å². The van der Waals surface area contributed by atoms with Gasteiger partial charge in [-0.05, 0) is 24.6 Å². The van der Waals surface area contributed by atoms with Gasteiger partial charge in [-0.15, -0.1) is 0 Å². The van der Waals surface area contributed by atoms with Crippen LogP contribution in [0.4, 0.5) is 0 Å². The van der Waals surface area contributed by atoms with Crippen molar-refractivity contribution in [2.24, 2.45) is 0 Å². The predicted octanol–water partition coefficient (Wildman–Crippen LogP) is 4.31. The average Bonchev–Trinajstić information content (AvgIpc) is 2.45. The zero-order valence-corrected chi connectivity index (χ0v) is 12.8. The van der Waals surface area contributed by atoms with Crippen LogP contribution in [0.3, 0.4) is 0 Å². The van der Waals surface area contributed by atoms with E-state index < -0.39 is 0 Å². The second-order valence-electron chi connectivity index (χ2n) is 4.44. The molecule has 2 aromatic rings. The average molecular weight is 320 g/mol. The fourth-order valence-electron chi connectivity index (χ4n) is 2.05. The first-order chi connectivity index (χ1) is 9.22. The van der Waals surface area contributed by atoms with Gasteiger partial charge in [0.05, 0.1) is 7.11 Å². The highest BCUT2D eigenvalue weighted by molar-refractivity contribution is 9.10. The van der Waals surface area contributed by atoms with Crippen molar-refractivity contribution in [1.82, 2.24) is 5.32 Å². The molecule has 2 rings (SSSR count). The lowest BCUT2D eigenvalue weighted by molar-refractivity contribution is 0.406. The molecule has 0 aliphatic carbocycles. The number of hydrogen-bond donors (Lipinski definition) is 1. The number of nitrogens with one attached hydrogen (secondary N) is 1. The number of halogens is 1. The van der Waals surface area contributed by atoms with Crippen molar-refractivity contribution in [2.45, 2.75) is 19.5 Å². The van der Waals surface area contributed by atoms with Crippen LogP contribution in [0.15, 0.2) is 53.0 Å². The molecular weight excluding hydrogens is 302 g/mol. The van der Waals surface area contributed by atoms with Crippen LogP contribution in [0.25, 0.3) is 0 Å². The zero-order chi connectivity index (χ0) is 13.7. The molecule has 0 aromatic heterocycles. The van der Waals surface area contributed by atoms with Crippen LogP contribution in [-0.2, 0) is 6.54 Å². The number of ether oxygens (including phenoxy) is 1. The van der Waals surface area contributed by atoms with E-state index in [1.807, 2.05) is 24.3 Å². The van der Waals surface area contributed by atoms with E-state index in [4.69, 9.17) is 4.74 Å². The van der Waals surface area contributed by atoms with E-state index in [0.717, 1.165) is 16.8 Å². The van der Waals surface area contributed by atoms with Crippen LogP contribution < -0.4 is 10.1 Å². The Morgan fingerprint density at radius 1 is 1.11 bits per heavy atom. The summed E-state index contributed by atoms with van der Waals surface area (Å²) in [4.78, 5) is 0. The highest BCUT2D eigenvalue weighted by Crippen LogP contribution is 2.24. The lowest BCUT2D eigenvalue weighted by Gasteiger charge is -2.17. The van der Waals surface area contributed by atoms with Gasteiger partial charge in [-0.1, -0.05) is 52.3 Å². The topological polar surface area (TPSA) is 21.3 Å². The third kappa shape index (κ3) is 3.58. The van der Waals surface area contributed by atoms with Gasteiger partial charge in [-0.3, -0.25) is 0 Å². The summed E-state index contributed by atoms with van der Waals surface area (Å²) in [6, 6.07) is 16.6. The lowest BCUT2D eigenvalue weighted by Crippen LogP contribution is -2.18. The summed E-state index contributed by atoms with van der Waals surface area (Å²) in [6.45, 7) is 2.95. The van der Waals surface area contributed by atoms with Gasteiger partial charge in [0.15, 0.2) is 0 Å². The second kappa shape index (κ2) is 6.73. The summed E-state index contributed by atoms with van der Waals surface area (Å²) in [6.07, 6.45) is 0. The maximum atomic E-state index is 5.36. The fraction of sp³-hybridized carbons (Fsp3) is 0.250. The third-order valence-electron chi connectivity index (χ3n) is 3.16. The van der Waals surface area contributed by atoms with E-state index in [0.29, 0.717) is 0 Å². The number of para-hydroxylation sites is 1. The van der Waals surface area contributed by atoms with Gasteiger partial charge in [0.1, 0.15) is 5.75 Å². The molecule has 0 unspecified atom stereocenters. The Hall–Kier alpha value is -1.32. The maximum absolute atomic E-state index is 5.36. The molecule has 0 heterocycles. The number of methoxy groups -OCH3 is 1. The van der Waals surface area contributed by atoms with Gasteiger partial charge in [0.2, 0.25) is 0 Å². The molecule has 2 aromatic carbocycles. The Morgan fingerprint density at radius 3 is 2.53 bits per heavy atom. The van der Waals surface area contributed by atoms with Gasteiger partial charge < -0.3 is 10.1 Å². The standard InChI is InChI=1S/C16H18BrNO/c1-12(14-8-4-5-9-15(14)17)18-11-13-7-3-6-10-16(13)19-2/h3-10,12,18H,11H2,1-2H3/t12-/m1/s1. The summed E-state index contributed by atoms with van der Waals surface area (Å²) in [5.41, 5.74) is 2.43. The predicted molar refractivity (Wildman–Crippen MR) is 82.4 cm³/mol. The summed E-state index contributed by atoms with van der Waals surface area (Å²) in [7, 11) is 1.70. The van der Waals surface area contributed by atoms with Crippen LogP contribution in [0.5, 0.6) is 5.75 Å². The molecule has 1 N–H and O–H groups in total. The molecule has 0 bridgehead atoms. The van der Waals surface area contributed by atoms with Crippen LogP contribution in [0, 0.1) is 0 Å². The van der Waals surface area contributed by atoms with Crippen LogP contribution >= 0.6 is 15.9 Å². The number of rotatable bonds is 5. The molecule has 0 amide bonds. The van der Waals surface area contributed by atoms with Gasteiger partial charge >= 0.3 is 0 Å². The van der Waals surface area contributed by atoms with Gasteiger partial charge in [-0.2, -0.15) is 0 Å². The Balaban J connectivity index is 2.04. The van der Waals surface area contributed by atoms with Gasteiger partial charge in [0.25, 0.3) is 0 Å². The smallest absolute Gasteiger partial charge is 0.123 e. The van der Waals surface area contributed by atoms with E-state index in [-0.39, 0.29) is 6.04 Å². The minimum Gasteiger partial charge on any atom is -0.496 e. The Bertz CT molecular complexity index is 542. The highest BCUT2D eigenvalue weighted by Gasteiger charge is 2.09. The molecule has 2 nitrogen and oxygen atoms in total. The molecule has 0 fully saturated rings. The van der Waals surface area contributed by atoms with Crippen molar-refractivity contribution >= 4 is 15.9 Å². The monoisotopic (exact) mass is 319 g/mol. The molecule has 0 spiro atoms. The number of hydrogen-bond acceptors (Lipinski definition) is 2.